The first-order chi connectivity index (χ1) is 9.47. The Morgan fingerprint density at radius 3 is 2.75 bits per heavy atom. The number of hydrogen-bond acceptors (Lipinski definition) is 5. The van der Waals surface area contributed by atoms with Gasteiger partial charge in [0.1, 0.15) is 12.6 Å². The molecular formula is C11H19N3O5S. The quantitative estimate of drug-likeness (QED) is 0.542. The van der Waals surface area contributed by atoms with Gasteiger partial charge < -0.3 is 20.9 Å². The van der Waals surface area contributed by atoms with Crippen LogP contribution >= 0.6 is 11.8 Å². The van der Waals surface area contributed by atoms with Crippen LogP contribution in [0.3, 0.4) is 0 Å². The summed E-state index contributed by atoms with van der Waals surface area (Å²) in [4.78, 5) is 34.9. The van der Waals surface area contributed by atoms with Crippen molar-refractivity contribution in [2.75, 3.05) is 25.5 Å². The van der Waals surface area contributed by atoms with Gasteiger partial charge in [-0.2, -0.15) is 0 Å². The fourth-order valence-corrected chi connectivity index (χ4v) is 3.18. The van der Waals surface area contributed by atoms with Crippen molar-refractivity contribution >= 4 is 29.7 Å². The van der Waals surface area contributed by atoms with E-state index in [1.165, 1.54) is 16.7 Å². The SMILES string of the molecule is CCC1SCC(C(=O)O)N1C(=O)NCCOCC(N)=O. The minimum atomic E-state index is -1.01. The Balaban J connectivity index is 2.42. The van der Waals surface area contributed by atoms with E-state index in [-0.39, 0.29) is 25.1 Å². The number of rotatable bonds is 7. The molecule has 1 aliphatic heterocycles. The van der Waals surface area contributed by atoms with Crippen molar-refractivity contribution in [3.05, 3.63) is 0 Å². The number of carbonyl (C=O) groups excluding carboxylic acids is 2. The fourth-order valence-electron chi connectivity index (χ4n) is 1.83. The summed E-state index contributed by atoms with van der Waals surface area (Å²) in [6.45, 7) is 2.03. The molecule has 8 nitrogen and oxygen atoms in total. The molecule has 1 saturated heterocycles. The molecule has 1 rings (SSSR count). The zero-order chi connectivity index (χ0) is 15.1. The summed E-state index contributed by atoms with van der Waals surface area (Å²) in [7, 11) is 0. The molecule has 3 amide bonds. The first-order valence-electron chi connectivity index (χ1n) is 6.24. The Kier molecular flexibility index (Phi) is 6.59. The van der Waals surface area contributed by atoms with Crippen molar-refractivity contribution in [3.8, 4) is 0 Å². The van der Waals surface area contributed by atoms with E-state index in [2.05, 4.69) is 5.32 Å². The molecule has 1 fully saturated rings. The zero-order valence-corrected chi connectivity index (χ0v) is 12.0. The third-order valence-electron chi connectivity index (χ3n) is 2.73. The summed E-state index contributed by atoms with van der Waals surface area (Å²) in [6, 6.07) is -1.24. The number of carbonyl (C=O) groups is 3. The number of primary amides is 1. The van der Waals surface area contributed by atoms with Crippen LogP contribution in [0.2, 0.25) is 0 Å². The second-order valence-electron chi connectivity index (χ2n) is 4.21. The van der Waals surface area contributed by atoms with Gasteiger partial charge in [0, 0.05) is 12.3 Å². The maximum atomic E-state index is 12.0. The Hall–Kier alpha value is -1.48. The third kappa shape index (κ3) is 4.57. The van der Waals surface area contributed by atoms with Crippen LogP contribution in [0.4, 0.5) is 4.79 Å². The molecule has 9 heteroatoms. The molecule has 0 bridgehead atoms. The number of aliphatic carboxylic acids is 1. The lowest BCUT2D eigenvalue weighted by molar-refractivity contribution is -0.141. The minimum absolute atomic E-state index is 0.136. The monoisotopic (exact) mass is 305 g/mol. The van der Waals surface area contributed by atoms with Gasteiger partial charge in [0.15, 0.2) is 0 Å². The van der Waals surface area contributed by atoms with Crippen LogP contribution < -0.4 is 11.1 Å². The normalized spacial score (nSPS) is 21.8. The van der Waals surface area contributed by atoms with Gasteiger partial charge in [0.2, 0.25) is 5.91 Å². The number of hydrogen-bond donors (Lipinski definition) is 3. The number of thioether (sulfide) groups is 1. The van der Waals surface area contributed by atoms with Gasteiger partial charge in [-0.15, -0.1) is 11.8 Å². The van der Waals surface area contributed by atoms with Gasteiger partial charge in [-0.25, -0.2) is 9.59 Å². The topological polar surface area (TPSA) is 122 Å². The number of ether oxygens (including phenoxy) is 1. The molecule has 0 saturated carbocycles. The van der Waals surface area contributed by atoms with E-state index in [4.69, 9.17) is 15.6 Å². The zero-order valence-electron chi connectivity index (χ0n) is 11.2. The average Bonchev–Trinajstić information content (AvgIpc) is 2.81. The van der Waals surface area contributed by atoms with Crippen LogP contribution in [0.1, 0.15) is 13.3 Å². The van der Waals surface area contributed by atoms with E-state index in [0.29, 0.717) is 12.2 Å². The molecule has 0 aliphatic carbocycles. The molecule has 0 spiro atoms. The summed E-state index contributed by atoms with van der Waals surface area (Å²) >= 11 is 1.45. The van der Waals surface area contributed by atoms with Crippen LogP contribution in [0.5, 0.6) is 0 Å². The van der Waals surface area contributed by atoms with Crippen molar-refractivity contribution in [2.24, 2.45) is 5.73 Å². The van der Waals surface area contributed by atoms with Crippen LogP contribution in [-0.2, 0) is 14.3 Å². The van der Waals surface area contributed by atoms with Crippen LogP contribution in [0, 0.1) is 0 Å². The molecule has 0 aromatic carbocycles. The van der Waals surface area contributed by atoms with Gasteiger partial charge in [0.05, 0.1) is 12.0 Å². The van der Waals surface area contributed by atoms with Gasteiger partial charge >= 0.3 is 12.0 Å². The molecule has 4 N–H and O–H groups in total. The molecular weight excluding hydrogens is 286 g/mol. The largest absolute Gasteiger partial charge is 0.480 e. The summed E-state index contributed by atoms with van der Waals surface area (Å²) in [5.74, 6) is -1.20. The lowest BCUT2D eigenvalue weighted by Crippen LogP contribution is -2.50. The Morgan fingerprint density at radius 2 is 2.20 bits per heavy atom. The molecule has 0 radical (unpaired) electrons. The number of nitrogens with one attached hydrogen (secondary N) is 1. The van der Waals surface area contributed by atoms with Crippen molar-refractivity contribution in [3.63, 3.8) is 0 Å². The van der Waals surface area contributed by atoms with E-state index in [1.807, 2.05) is 6.92 Å². The Bertz CT molecular complexity index is 379. The number of nitrogens with two attached hydrogens (primary N) is 1. The first-order valence-corrected chi connectivity index (χ1v) is 7.28. The van der Waals surface area contributed by atoms with Crippen molar-refractivity contribution in [2.45, 2.75) is 24.8 Å². The van der Waals surface area contributed by atoms with Crippen molar-refractivity contribution in [1.82, 2.24) is 10.2 Å². The van der Waals surface area contributed by atoms with E-state index in [9.17, 15) is 14.4 Å². The summed E-state index contributed by atoms with van der Waals surface area (Å²) in [5, 5.41) is 11.5. The number of amides is 3. The molecule has 0 aromatic rings. The Labute approximate surface area is 121 Å². The van der Waals surface area contributed by atoms with E-state index < -0.39 is 23.9 Å². The molecule has 2 unspecified atom stereocenters. The standard InChI is InChI=1S/C11H19N3O5S/c1-2-9-14(7(6-20-9)10(16)17)11(18)13-3-4-19-5-8(12)15/h7,9H,2-6H2,1H3,(H2,12,15)(H,13,18)(H,16,17). The molecule has 20 heavy (non-hydrogen) atoms. The van der Waals surface area contributed by atoms with E-state index in [1.54, 1.807) is 0 Å². The lowest BCUT2D eigenvalue weighted by atomic mass is 10.3. The highest BCUT2D eigenvalue weighted by molar-refractivity contribution is 8.00. The number of carboxylic acid groups (broad SMARTS) is 1. The van der Waals surface area contributed by atoms with Crippen LogP contribution in [0.25, 0.3) is 0 Å². The highest BCUT2D eigenvalue weighted by Crippen LogP contribution is 2.31. The first kappa shape index (κ1) is 16.6. The smallest absolute Gasteiger partial charge is 0.327 e. The summed E-state index contributed by atoms with van der Waals surface area (Å²) < 4.78 is 4.91. The van der Waals surface area contributed by atoms with Gasteiger partial charge in [0.25, 0.3) is 0 Å². The molecule has 1 heterocycles. The molecule has 2 atom stereocenters. The minimum Gasteiger partial charge on any atom is -0.480 e. The summed E-state index contributed by atoms with van der Waals surface area (Å²) in [5.41, 5.74) is 4.89. The third-order valence-corrected chi connectivity index (χ3v) is 4.18. The maximum absolute atomic E-state index is 12.0. The van der Waals surface area contributed by atoms with Gasteiger partial charge in [-0.3, -0.25) is 9.69 Å². The number of nitrogens with zero attached hydrogens (tertiary/aromatic N) is 1. The lowest BCUT2D eigenvalue weighted by Gasteiger charge is -2.26. The average molecular weight is 305 g/mol. The molecule has 114 valence electrons. The second kappa shape index (κ2) is 7.95. The van der Waals surface area contributed by atoms with E-state index in [0.717, 1.165) is 0 Å². The predicted molar refractivity (Wildman–Crippen MR) is 73.2 cm³/mol. The molecule has 0 aromatic heterocycles. The number of carboxylic acids is 1. The highest BCUT2D eigenvalue weighted by Gasteiger charge is 2.40. The summed E-state index contributed by atoms with van der Waals surface area (Å²) in [6.07, 6.45) is 0.681. The van der Waals surface area contributed by atoms with Crippen LogP contribution in [-0.4, -0.2) is 64.8 Å². The maximum Gasteiger partial charge on any atom is 0.327 e. The van der Waals surface area contributed by atoms with Crippen molar-refractivity contribution < 1.29 is 24.2 Å². The van der Waals surface area contributed by atoms with E-state index >= 15 is 0 Å². The van der Waals surface area contributed by atoms with Gasteiger partial charge in [-0.1, -0.05) is 6.92 Å². The molecule has 1 aliphatic rings. The highest BCUT2D eigenvalue weighted by atomic mass is 32.2. The predicted octanol–water partition coefficient (Wildman–Crippen LogP) is -0.564. The van der Waals surface area contributed by atoms with Gasteiger partial charge in [-0.05, 0) is 6.42 Å². The van der Waals surface area contributed by atoms with Crippen molar-refractivity contribution in [1.29, 1.82) is 0 Å². The Morgan fingerprint density at radius 1 is 1.50 bits per heavy atom. The van der Waals surface area contributed by atoms with Crippen LogP contribution in [0.15, 0.2) is 0 Å². The second-order valence-corrected chi connectivity index (χ2v) is 5.42. The number of urea groups is 1. The fraction of sp³-hybridized carbons (Fsp3) is 0.727.